The van der Waals surface area contributed by atoms with Gasteiger partial charge in [-0.2, -0.15) is 0 Å². The summed E-state index contributed by atoms with van der Waals surface area (Å²) in [5, 5.41) is 12.0. The standard InChI is InChI=1S/C22H25Cl2N3O3/c1-25-8-10-26(11-9-25)19-5-3-2-4-16(19)20(28)21-22(29)27(12-13-30-21)15-6-7-17(23)18(24)14-15/h2-7,14,20-21,28H,8-13H2,1H3. The molecule has 2 aliphatic rings. The van der Waals surface area contributed by atoms with Gasteiger partial charge in [-0.1, -0.05) is 41.4 Å². The topological polar surface area (TPSA) is 56.2 Å². The van der Waals surface area contributed by atoms with Crippen molar-refractivity contribution in [2.75, 3.05) is 56.2 Å². The molecule has 2 aromatic carbocycles. The lowest BCUT2D eigenvalue weighted by molar-refractivity contribution is -0.143. The molecule has 2 saturated heterocycles. The number of anilines is 2. The van der Waals surface area contributed by atoms with Gasteiger partial charge in [0, 0.05) is 49.7 Å². The number of aliphatic hydroxyl groups excluding tert-OH is 1. The zero-order valence-corrected chi connectivity index (χ0v) is 18.3. The van der Waals surface area contributed by atoms with Gasteiger partial charge >= 0.3 is 0 Å². The lowest BCUT2D eigenvalue weighted by atomic mass is 9.99. The minimum atomic E-state index is -1.07. The van der Waals surface area contributed by atoms with Gasteiger partial charge in [0.2, 0.25) is 0 Å². The van der Waals surface area contributed by atoms with E-state index in [9.17, 15) is 9.90 Å². The van der Waals surface area contributed by atoms with Crippen LogP contribution >= 0.6 is 23.2 Å². The van der Waals surface area contributed by atoms with Gasteiger partial charge in [-0.25, -0.2) is 0 Å². The summed E-state index contributed by atoms with van der Waals surface area (Å²) in [6.07, 6.45) is -2.05. The van der Waals surface area contributed by atoms with Gasteiger partial charge in [0.1, 0.15) is 6.10 Å². The number of ether oxygens (including phenoxy) is 1. The second-order valence-electron chi connectivity index (χ2n) is 7.67. The van der Waals surface area contributed by atoms with Crippen molar-refractivity contribution >= 4 is 40.5 Å². The predicted molar refractivity (Wildman–Crippen MR) is 120 cm³/mol. The van der Waals surface area contributed by atoms with Crippen molar-refractivity contribution < 1.29 is 14.6 Å². The normalized spacial score (nSPS) is 21.7. The van der Waals surface area contributed by atoms with Gasteiger partial charge in [0.25, 0.3) is 5.91 Å². The van der Waals surface area contributed by atoms with Crippen LogP contribution in [0.1, 0.15) is 11.7 Å². The second-order valence-corrected chi connectivity index (χ2v) is 8.49. The highest BCUT2D eigenvalue weighted by Crippen LogP contribution is 2.34. The minimum Gasteiger partial charge on any atom is -0.385 e. The molecule has 1 amide bonds. The number of morpholine rings is 1. The molecule has 0 saturated carbocycles. The van der Waals surface area contributed by atoms with Crippen molar-refractivity contribution in [3.8, 4) is 0 Å². The third kappa shape index (κ3) is 4.29. The molecule has 8 heteroatoms. The number of carbonyl (C=O) groups is 1. The predicted octanol–water partition coefficient (Wildman–Crippen LogP) is 3.21. The Morgan fingerprint density at radius 2 is 1.77 bits per heavy atom. The summed E-state index contributed by atoms with van der Waals surface area (Å²) in [6, 6.07) is 12.8. The van der Waals surface area contributed by atoms with Gasteiger partial charge in [0.05, 0.1) is 16.7 Å². The SMILES string of the molecule is CN1CCN(c2ccccc2C(O)C2OCCN(c3ccc(Cl)c(Cl)c3)C2=O)CC1. The summed E-state index contributed by atoms with van der Waals surface area (Å²) >= 11 is 12.1. The maximum absolute atomic E-state index is 13.2. The summed E-state index contributed by atoms with van der Waals surface area (Å²) in [5.74, 6) is -0.291. The number of para-hydroxylation sites is 1. The maximum Gasteiger partial charge on any atom is 0.259 e. The number of aliphatic hydroxyl groups is 1. The Kier molecular flexibility index (Phi) is 6.51. The molecular formula is C22H25Cl2N3O3. The number of likely N-dealkylation sites (N-methyl/N-ethyl adjacent to an activating group) is 1. The molecule has 1 N–H and O–H groups in total. The first-order chi connectivity index (χ1) is 14.5. The van der Waals surface area contributed by atoms with Crippen LogP contribution in [0.4, 0.5) is 11.4 Å². The van der Waals surface area contributed by atoms with E-state index in [2.05, 4.69) is 16.8 Å². The fourth-order valence-corrected chi connectivity index (χ4v) is 4.27. The molecule has 0 aromatic heterocycles. The molecule has 160 valence electrons. The van der Waals surface area contributed by atoms with Crippen LogP contribution in [0.2, 0.25) is 10.0 Å². The average molecular weight is 450 g/mol. The number of rotatable bonds is 4. The van der Waals surface area contributed by atoms with Gasteiger partial charge in [-0.05, 0) is 31.3 Å². The molecule has 0 bridgehead atoms. The Bertz CT molecular complexity index is 918. The van der Waals surface area contributed by atoms with Crippen molar-refractivity contribution in [2.45, 2.75) is 12.2 Å². The average Bonchev–Trinajstić information content (AvgIpc) is 2.76. The van der Waals surface area contributed by atoms with Crippen molar-refractivity contribution in [2.24, 2.45) is 0 Å². The molecule has 2 aliphatic heterocycles. The monoisotopic (exact) mass is 449 g/mol. The van der Waals surface area contributed by atoms with Crippen LogP contribution in [0.3, 0.4) is 0 Å². The summed E-state index contributed by atoms with van der Waals surface area (Å²) < 4.78 is 5.74. The lowest BCUT2D eigenvalue weighted by Crippen LogP contribution is -2.50. The minimum absolute atomic E-state index is 0.291. The Morgan fingerprint density at radius 1 is 1.03 bits per heavy atom. The van der Waals surface area contributed by atoms with Gasteiger partial charge in [-0.3, -0.25) is 4.79 Å². The largest absolute Gasteiger partial charge is 0.385 e. The van der Waals surface area contributed by atoms with E-state index in [1.54, 1.807) is 23.1 Å². The summed E-state index contributed by atoms with van der Waals surface area (Å²) in [6.45, 7) is 4.36. The first kappa shape index (κ1) is 21.4. The van der Waals surface area contributed by atoms with Crippen molar-refractivity contribution in [1.82, 2.24) is 4.90 Å². The number of nitrogens with zero attached hydrogens (tertiary/aromatic N) is 3. The summed E-state index contributed by atoms with van der Waals surface area (Å²) in [7, 11) is 2.10. The number of benzene rings is 2. The number of piperazine rings is 1. The van der Waals surface area contributed by atoms with Gasteiger partial charge < -0.3 is 24.5 Å². The number of carbonyl (C=O) groups excluding carboxylic acids is 1. The van der Waals surface area contributed by atoms with Crippen molar-refractivity contribution in [1.29, 1.82) is 0 Å². The molecule has 2 atom stereocenters. The van der Waals surface area contributed by atoms with E-state index in [1.807, 2.05) is 24.3 Å². The highest BCUT2D eigenvalue weighted by atomic mass is 35.5. The fraction of sp³-hybridized carbons (Fsp3) is 0.409. The first-order valence-electron chi connectivity index (χ1n) is 10.0. The van der Waals surface area contributed by atoms with E-state index in [0.717, 1.165) is 31.9 Å². The van der Waals surface area contributed by atoms with E-state index >= 15 is 0 Å². The molecule has 2 aromatic rings. The Labute approximate surface area is 186 Å². The van der Waals surface area contributed by atoms with Crippen LogP contribution < -0.4 is 9.80 Å². The molecule has 2 unspecified atom stereocenters. The Balaban J connectivity index is 1.58. The highest BCUT2D eigenvalue weighted by Gasteiger charge is 2.38. The van der Waals surface area contributed by atoms with Gasteiger partial charge in [0.15, 0.2) is 6.10 Å². The molecule has 6 nitrogen and oxygen atoms in total. The van der Waals surface area contributed by atoms with Crippen LogP contribution in [0.5, 0.6) is 0 Å². The van der Waals surface area contributed by atoms with E-state index in [-0.39, 0.29) is 5.91 Å². The molecule has 2 heterocycles. The molecule has 2 fully saturated rings. The number of hydrogen-bond acceptors (Lipinski definition) is 5. The molecule has 30 heavy (non-hydrogen) atoms. The highest BCUT2D eigenvalue weighted by molar-refractivity contribution is 6.42. The van der Waals surface area contributed by atoms with E-state index in [1.165, 1.54) is 0 Å². The van der Waals surface area contributed by atoms with E-state index in [0.29, 0.717) is 34.4 Å². The number of amides is 1. The van der Waals surface area contributed by atoms with Crippen LogP contribution in [0.15, 0.2) is 42.5 Å². The molecule has 4 rings (SSSR count). The fourth-order valence-electron chi connectivity index (χ4n) is 3.98. The van der Waals surface area contributed by atoms with Crippen LogP contribution in [0, 0.1) is 0 Å². The lowest BCUT2D eigenvalue weighted by Gasteiger charge is -2.38. The van der Waals surface area contributed by atoms with Crippen molar-refractivity contribution in [3.63, 3.8) is 0 Å². The van der Waals surface area contributed by atoms with Crippen LogP contribution in [0.25, 0.3) is 0 Å². The Hall–Kier alpha value is -1.83. The smallest absolute Gasteiger partial charge is 0.259 e. The molecular weight excluding hydrogens is 425 g/mol. The summed E-state index contributed by atoms with van der Waals surface area (Å²) in [5.41, 5.74) is 2.29. The molecule has 0 radical (unpaired) electrons. The Morgan fingerprint density at radius 3 is 2.50 bits per heavy atom. The zero-order valence-electron chi connectivity index (χ0n) is 16.8. The second kappa shape index (κ2) is 9.12. The number of halogens is 2. The van der Waals surface area contributed by atoms with Crippen LogP contribution in [-0.2, 0) is 9.53 Å². The van der Waals surface area contributed by atoms with E-state index < -0.39 is 12.2 Å². The van der Waals surface area contributed by atoms with E-state index in [4.69, 9.17) is 27.9 Å². The van der Waals surface area contributed by atoms with Gasteiger partial charge in [-0.15, -0.1) is 0 Å². The third-order valence-electron chi connectivity index (χ3n) is 5.72. The summed E-state index contributed by atoms with van der Waals surface area (Å²) in [4.78, 5) is 19.3. The quantitative estimate of drug-likeness (QED) is 0.776. The number of hydrogen-bond donors (Lipinski definition) is 1. The molecule has 0 aliphatic carbocycles. The first-order valence-corrected chi connectivity index (χ1v) is 10.8. The zero-order chi connectivity index (χ0) is 21.3. The maximum atomic E-state index is 13.2. The molecule has 0 spiro atoms. The van der Waals surface area contributed by atoms with Crippen LogP contribution in [-0.4, -0.2) is 68.4 Å². The third-order valence-corrected chi connectivity index (χ3v) is 6.46. The van der Waals surface area contributed by atoms with Crippen molar-refractivity contribution in [3.05, 3.63) is 58.1 Å².